The molecule has 0 saturated heterocycles. The zero-order chi connectivity index (χ0) is 16.9. The minimum atomic E-state index is -4.33. The standard InChI is InChI=1S/C15H15FN2O4S/c16-14-7-2-1-4-11(14)8-9-17-15(19)18-12-5-3-6-13(10-12)23(20,21)22/h1-7,10H,8-9H2,(H2,17,18,19)(H,20,21,22). The van der Waals surface area contributed by atoms with E-state index in [9.17, 15) is 17.6 Å². The number of halogens is 1. The molecule has 0 aliphatic rings. The Labute approximate surface area is 133 Å². The average Bonchev–Trinajstić information content (AvgIpc) is 2.48. The summed E-state index contributed by atoms with van der Waals surface area (Å²) in [6, 6.07) is 10.9. The maximum atomic E-state index is 13.4. The van der Waals surface area contributed by atoms with Crippen molar-refractivity contribution in [3.8, 4) is 0 Å². The van der Waals surface area contributed by atoms with E-state index in [1.165, 1.54) is 24.3 Å². The van der Waals surface area contributed by atoms with E-state index in [2.05, 4.69) is 10.6 Å². The first-order valence-corrected chi connectivity index (χ1v) is 8.16. The lowest BCUT2D eigenvalue weighted by Gasteiger charge is -2.09. The summed E-state index contributed by atoms with van der Waals surface area (Å²) in [6.07, 6.45) is 0.325. The summed E-state index contributed by atoms with van der Waals surface area (Å²) in [5, 5.41) is 4.97. The number of nitrogens with one attached hydrogen (secondary N) is 2. The van der Waals surface area contributed by atoms with Crippen LogP contribution >= 0.6 is 0 Å². The second kappa shape index (κ2) is 7.21. The minimum Gasteiger partial charge on any atom is -0.338 e. The molecule has 0 spiro atoms. The summed E-state index contributed by atoms with van der Waals surface area (Å²) >= 11 is 0. The van der Waals surface area contributed by atoms with Crippen LogP contribution in [0.25, 0.3) is 0 Å². The van der Waals surface area contributed by atoms with Gasteiger partial charge in [0.25, 0.3) is 10.1 Å². The second-order valence-electron chi connectivity index (χ2n) is 4.73. The van der Waals surface area contributed by atoms with Crippen LogP contribution < -0.4 is 10.6 Å². The Morgan fingerprint density at radius 3 is 2.57 bits per heavy atom. The molecule has 0 atom stereocenters. The van der Waals surface area contributed by atoms with Crippen LogP contribution in [0.1, 0.15) is 5.56 Å². The van der Waals surface area contributed by atoms with E-state index in [0.717, 1.165) is 6.07 Å². The predicted octanol–water partition coefficient (Wildman–Crippen LogP) is 2.44. The second-order valence-corrected chi connectivity index (χ2v) is 6.15. The molecular formula is C15H15FN2O4S. The molecule has 8 heteroatoms. The highest BCUT2D eigenvalue weighted by Gasteiger charge is 2.10. The average molecular weight is 338 g/mol. The summed E-state index contributed by atoms with van der Waals surface area (Å²) in [5.41, 5.74) is 0.699. The topological polar surface area (TPSA) is 95.5 Å². The van der Waals surface area contributed by atoms with Crippen LogP contribution in [-0.2, 0) is 16.5 Å². The van der Waals surface area contributed by atoms with Gasteiger partial charge in [-0.25, -0.2) is 9.18 Å². The number of urea groups is 1. The largest absolute Gasteiger partial charge is 0.338 e. The first kappa shape index (κ1) is 16.9. The lowest BCUT2D eigenvalue weighted by molar-refractivity contribution is 0.252. The fraction of sp³-hybridized carbons (Fsp3) is 0.133. The van der Waals surface area contributed by atoms with Crippen molar-refractivity contribution in [2.75, 3.05) is 11.9 Å². The number of hydrogen-bond donors (Lipinski definition) is 3. The van der Waals surface area contributed by atoms with E-state index in [0.29, 0.717) is 12.0 Å². The van der Waals surface area contributed by atoms with Crippen LogP contribution in [0.15, 0.2) is 53.4 Å². The normalized spacial score (nSPS) is 11.0. The Balaban J connectivity index is 1.89. The van der Waals surface area contributed by atoms with Crippen molar-refractivity contribution in [1.82, 2.24) is 5.32 Å². The fourth-order valence-corrected chi connectivity index (χ4v) is 2.45. The van der Waals surface area contributed by atoms with E-state index >= 15 is 0 Å². The Kier molecular flexibility index (Phi) is 5.30. The number of benzene rings is 2. The van der Waals surface area contributed by atoms with Crippen LogP contribution in [-0.4, -0.2) is 25.5 Å². The van der Waals surface area contributed by atoms with Crippen LogP contribution in [0, 0.1) is 5.82 Å². The van der Waals surface area contributed by atoms with E-state index in [1.807, 2.05) is 0 Å². The number of amides is 2. The van der Waals surface area contributed by atoms with Crippen molar-refractivity contribution in [3.63, 3.8) is 0 Å². The highest BCUT2D eigenvalue weighted by molar-refractivity contribution is 7.85. The highest BCUT2D eigenvalue weighted by Crippen LogP contribution is 2.14. The van der Waals surface area contributed by atoms with Crippen LogP contribution in [0.5, 0.6) is 0 Å². The summed E-state index contributed by atoms with van der Waals surface area (Å²) in [6.45, 7) is 0.213. The Bertz CT molecular complexity index is 809. The first-order valence-electron chi connectivity index (χ1n) is 6.72. The third kappa shape index (κ3) is 5.04. The quantitative estimate of drug-likeness (QED) is 0.730. The maximum Gasteiger partial charge on any atom is 0.319 e. The minimum absolute atomic E-state index is 0.212. The van der Waals surface area contributed by atoms with Gasteiger partial charge in [-0.15, -0.1) is 0 Å². The van der Waals surface area contributed by atoms with Crippen molar-refractivity contribution in [2.45, 2.75) is 11.3 Å². The van der Waals surface area contributed by atoms with Crippen molar-refractivity contribution in [2.24, 2.45) is 0 Å². The van der Waals surface area contributed by atoms with E-state index in [1.54, 1.807) is 18.2 Å². The first-order chi connectivity index (χ1) is 10.9. The summed E-state index contributed by atoms with van der Waals surface area (Å²) in [4.78, 5) is 11.4. The molecule has 2 rings (SSSR count). The van der Waals surface area contributed by atoms with Crippen LogP contribution in [0.2, 0.25) is 0 Å². The molecule has 0 aliphatic carbocycles. The molecule has 0 unspecified atom stereocenters. The molecule has 6 nitrogen and oxygen atoms in total. The van der Waals surface area contributed by atoms with Gasteiger partial charge >= 0.3 is 6.03 Å². The van der Waals surface area contributed by atoms with Gasteiger partial charge in [0.1, 0.15) is 5.82 Å². The summed E-state index contributed by atoms with van der Waals surface area (Å²) < 4.78 is 44.4. The van der Waals surface area contributed by atoms with E-state index in [4.69, 9.17) is 4.55 Å². The molecule has 122 valence electrons. The summed E-state index contributed by atoms with van der Waals surface area (Å²) in [5.74, 6) is -0.337. The zero-order valence-electron chi connectivity index (χ0n) is 12.0. The molecule has 0 aromatic heterocycles. The molecule has 2 amide bonds. The van der Waals surface area contributed by atoms with Gasteiger partial charge in [-0.05, 0) is 36.2 Å². The smallest absolute Gasteiger partial charge is 0.319 e. The number of carbonyl (C=O) groups excluding carboxylic acids is 1. The number of hydrogen-bond acceptors (Lipinski definition) is 3. The Morgan fingerprint density at radius 1 is 1.13 bits per heavy atom. The van der Waals surface area contributed by atoms with Crippen molar-refractivity contribution in [1.29, 1.82) is 0 Å². The van der Waals surface area contributed by atoms with Crippen LogP contribution in [0.3, 0.4) is 0 Å². The predicted molar refractivity (Wildman–Crippen MR) is 83.4 cm³/mol. The molecule has 0 aliphatic heterocycles. The van der Waals surface area contributed by atoms with Gasteiger partial charge < -0.3 is 10.6 Å². The third-order valence-electron chi connectivity index (χ3n) is 3.03. The molecule has 2 aromatic carbocycles. The lowest BCUT2D eigenvalue weighted by atomic mass is 10.1. The summed E-state index contributed by atoms with van der Waals surface area (Å²) in [7, 11) is -4.33. The molecular weight excluding hydrogens is 323 g/mol. The van der Waals surface area contributed by atoms with Gasteiger partial charge in [-0.1, -0.05) is 24.3 Å². The number of rotatable bonds is 5. The Hall–Kier alpha value is -2.45. The lowest BCUT2D eigenvalue weighted by Crippen LogP contribution is -2.30. The van der Waals surface area contributed by atoms with E-state index in [-0.39, 0.29) is 22.9 Å². The van der Waals surface area contributed by atoms with Crippen molar-refractivity contribution < 1.29 is 22.2 Å². The zero-order valence-corrected chi connectivity index (χ0v) is 12.8. The van der Waals surface area contributed by atoms with Crippen molar-refractivity contribution >= 4 is 21.8 Å². The van der Waals surface area contributed by atoms with Gasteiger partial charge in [0.15, 0.2) is 0 Å². The Morgan fingerprint density at radius 2 is 1.87 bits per heavy atom. The molecule has 3 N–H and O–H groups in total. The molecule has 23 heavy (non-hydrogen) atoms. The van der Waals surface area contributed by atoms with Gasteiger partial charge in [0.2, 0.25) is 0 Å². The van der Waals surface area contributed by atoms with E-state index < -0.39 is 16.1 Å². The molecule has 0 heterocycles. The van der Waals surface area contributed by atoms with Gasteiger partial charge in [-0.3, -0.25) is 4.55 Å². The van der Waals surface area contributed by atoms with Gasteiger partial charge in [0, 0.05) is 12.2 Å². The monoisotopic (exact) mass is 338 g/mol. The number of carbonyl (C=O) groups is 1. The molecule has 0 saturated carbocycles. The van der Waals surface area contributed by atoms with Gasteiger partial charge in [-0.2, -0.15) is 8.42 Å². The maximum absolute atomic E-state index is 13.4. The highest BCUT2D eigenvalue weighted by atomic mass is 32.2. The van der Waals surface area contributed by atoms with Gasteiger partial charge in [0.05, 0.1) is 4.90 Å². The van der Waals surface area contributed by atoms with Crippen molar-refractivity contribution in [3.05, 3.63) is 59.9 Å². The molecule has 0 radical (unpaired) electrons. The number of anilines is 1. The SMILES string of the molecule is O=C(NCCc1ccccc1F)Nc1cccc(S(=O)(=O)O)c1. The molecule has 0 fully saturated rings. The molecule has 2 aromatic rings. The fourth-order valence-electron chi connectivity index (χ4n) is 1.92. The van der Waals surface area contributed by atoms with Crippen LogP contribution in [0.4, 0.5) is 14.9 Å². The molecule has 0 bridgehead atoms. The third-order valence-corrected chi connectivity index (χ3v) is 3.88.